The van der Waals surface area contributed by atoms with E-state index in [0.29, 0.717) is 26.1 Å². The van der Waals surface area contributed by atoms with Crippen LogP contribution in [0.3, 0.4) is 0 Å². The van der Waals surface area contributed by atoms with Gasteiger partial charge in [-0.25, -0.2) is 4.79 Å². The number of hydrazine groups is 1. The number of fused-ring (bicyclic) bond motifs is 1. The number of carbonyl (C=O) groups is 3. The Hall–Kier alpha value is -4.37. The Morgan fingerprint density at radius 1 is 0.950 bits per heavy atom. The minimum atomic E-state index is -0.772. The molecule has 4 amide bonds. The number of hydrogen-bond acceptors (Lipinski definition) is 5. The summed E-state index contributed by atoms with van der Waals surface area (Å²) in [5.74, 6) is 0.434. The van der Waals surface area contributed by atoms with Gasteiger partial charge in [0.1, 0.15) is 18.0 Å². The molecule has 0 bridgehead atoms. The molecule has 9 nitrogen and oxygen atoms in total. The van der Waals surface area contributed by atoms with E-state index in [-0.39, 0.29) is 30.9 Å². The number of piperazine rings is 1. The summed E-state index contributed by atoms with van der Waals surface area (Å²) in [4.78, 5) is 44.4. The Bertz CT molecular complexity index is 1320. The largest absolute Gasteiger partial charge is 0.497 e. The van der Waals surface area contributed by atoms with Gasteiger partial charge in [-0.05, 0) is 35.2 Å². The van der Waals surface area contributed by atoms with Crippen LogP contribution in [0, 0.1) is 0 Å². The first-order chi connectivity index (χ1) is 19.5. The topological polar surface area (TPSA) is 85.4 Å². The van der Waals surface area contributed by atoms with Crippen molar-refractivity contribution < 1.29 is 19.1 Å². The summed E-state index contributed by atoms with van der Waals surface area (Å²) < 4.78 is 5.28. The van der Waals surface area contributed by atoms with E-state index in [1.165, 1.54) is 0 Å². The van der Waals surface area contributed by atoms with Crippen molar-refractivity contribution in [1.82, 2.24) is 25.1 Å². The average Bonchev–Trinajstić information content (AvgIpc) is 3.31. The van der Waals surface area contributed by atoms with Crippen molar-refractivity contribution in [2.24, 2.45) is 0 Å². The number of rotatable bonds is 9. The van der Waals surface area contributed by atoms with Crippen molar-refractivity contribution in [2.75, 3.05) is 26.7 Å². The van der Waals surface area contributed by atoms with E-state index in [4.69, 9.17) is 4.74 Å². The Kier molecular flexibility index (Phi) is 8.31. The number of benzene rings is 3. The summed E-state index contributed by atoms with van der Waals surface area (Å²) in [6, 6.07) is 25.7. The van der Waals surface area contributed by atoms with Gasteiger partial charge < -0.3 is 19.9 Å². The molecule has 3 aromatic carbocycles. The molecule has 2 fully saturated rings. The SMILES string of the molecule is CCCN(C(=O)NCc1ccccc1)N1CC(=O)N2C(c3ccccc3)C(=O)N(Cc3ccc(OC)cc3)CC21. The van der Waals surface area contributed by atoms with Gasteiger partial charge in [0.2, 0.25) is 5.91 Å². The van der Waals surface area contributed by atoms with Crippen LogP contribution in [0.25, 0.3) is 0 Å². The molecule has 5 rings (SSSR count). The highest BCUT2D eigenvalue weighted by molar-refractivity contribution is 5.92. The van der Waals surface area contributed by atoms with Crippen LogP contribution in [0.4, 0.5) is 4.79 Å². The zero-order valence-electron chi connectivity index (χ0n) is 22.9. The quantitative estimate of drug-likeness (QED) is 0.446. The van der Waals surface area contributed by atoms with Crippen molar-refractivity contribution in [2.45, 2.75) is 38.6 Å². The molecule has 0 spiro atoms. The molecule has 0 aliphatic carbocycles. The fraction of sp³-hybridized carbons (Fsp3) is 0.323. The minimum Gasteiger partial charge on any atom is -0.497 e. The summed E-state index contributed by atoms with van der Waals surface area (Å²) >= 11 is 0. The van der Waals surface area contributed by atoms with E-state index in [1.54, 1.807) is 21.9 Å². The molecule has 1 N–H and O–H groups in total. The molecule has 208 valence electrons. The standard InChI is InChI=1S/C31H35N5O4/c1-3-18-34(31(39)32-19-23-10-6-4-7-11-23)35-22-28(37)36-27(35)21-33(20-24-14-16-26(40-2)17-15-24)30(38)29(36)25-12-8-5-9-13-25/h4-17,27,29H,3,18-22H2,1-2H3,(H,32,39). The molecule has 40 heavy (non-hydrogen) atoms. The van der Waals surface area contributed by atoms with Crippen molar-refractivity contribution in [1.29, 1.82) is 0 Å². The normalized spacial score (nSPS) is 18.9. The maximum atomic E-state index is 13.9. The summed E-state index contributed by atoms with van der Waals surface area (Å²) in [6.07, 6.45) is 0.231. The lowest BCUT2D eigenvalue weighted by Crippen LogP contribution is -2.62. The van der Waals surface area contributed by atoms with E-state index < -0.39 is 12.2 Å². The summed E-state index contributed by atoms with van der Waals surface area (Å²) in [5.41, 5.74) is 2.70. The predicted molar refractivity (Wildman–Crippen MR) is 151 cm³/mol. The smallest absolute Gasteiger partial charge is 0.332 e. The molecular weight excluding hydrogens is 506 g/mol. The number of urea groups is 1. The van der Waals surface area contributed by atoms with Gasteiger partial charge in [-0.15, -0.1) is 0 Å². The summed E-state index contributed by atoms with van der Waals surface area (Å²) in [6.45, 7) is 3.51. The first-order valence-corrected chi connectivity index (χ1v) is 13.6. The zero-order valence-corrected chi connectivity index (χ0v) is 22.9. The van der Waals surface area contributed by atoms with Crippen LogP contribution in [0.15, 0.2) is 84.9 Å². The first-order valence-electron chi connectivity index (χ1n) is 13.6. The van der Waals surface area contributed by atoms with Gasteiger partial charge in [-0.1, -0.05) is 79.7 Å². The molecule has 0 radical (unpaired) electrons. The van der Waals surface area contributed by atoms with Crippen molar-refractivity contribution in [3.8, 4) is 5.75 Å². The molecule has 2 aliphatic rings. The van der Waals surface area contributed by atoms with Gasteiger partial charge in [0.15, 0.2) is 0 Å². The van der Waals surface area contributed by atoms with Gasteiger partial charge in [0, 0.05) is 19.6 Å². The molecule has 3 aromatic rings. The van der Waals surface area contributed by atoms with Gasteiger partial charge in [-0.3, -0.25) is 14.6 Å². The fourth-order valence-electron chi connectivity index (χ4n) is 5.41. The Balaban J connectivity index is 1.44. The second-order valence-corrected chi connectivity index (χ2v) is 10.0. The minimum absolute atomic E-state index is 0.0242. The van der Waals surface area contributed by atoms with Crippen LogP contribution in [0.2, 0.25) is 0 Å². The third kappa shape index (κ3) is 5.65. The maximum Gasteiger partial charge on any atom is 0.332 e. The average molecular weight is 542 g/mol. The van der Waals surface area contributed by atoms with Crippen molar-refractivity contribution >= 4 is 17.8 Å². The van der Waals surface area contributed by atoms with E-state index >= 15 is 0 Å². The Labute approximate surface area is 234 Å². The van der Waals surface area contributed by atoms with E-state index in [2.05, 4.69) is 5.32 Å². The molecule has 0 saturated carbocycles. The molecule has 2 aliphatic heterocycles. The lowest BCUT2D eigenvalue weighted by Gasteiger charge is -2.46. The lowest BCUT2D eigenvalue weighted by atomic mass is 10.00. The summed E-state index contributed by atoms with van der Waals surface area (Å²) in [5, 5.41) is 6.47. The van der Waals surface area contributed by atoms with Crippen LogP contribution in [0.5, 0.6) is 5.75 Å². The van der Waals surface area contributed by atoms with Gasteiger partial charge >= 0.3 is 6.03 Å². The molecular formula is C31H35N5O4. The highest BCUT2D eigenvalue weighted by Gasteiger charge is 2.52. The number of nitrogens with one attached hydrogen (secondary N) is 1. The molecule has 9 heteroatoms. The highest BCUT2D eigenvalue weighted by Crippen LogP contribution is 2.36. The molecule has 0 aromatic heterocycles. The van der Waals surface area contributed by atoms with Crippen LogP contribution >= 0.6 is 0 Å². The number of ether oxygens (including phenoxy) is 1. The lowest BCUT2D eigenvalue weighted by molar-refractivity contribution is -0.158. The third-order valence-electron chi connectivity index (χ3n) is 7.37. The summed E-state index contributed by atoms with van der Waals surface area (Å²) in [7, 11) is 1.62. The number of carbonyl (C=O) groups excluding carboxylic acids is 3. The Morgan fingerprint density at radius 2 is 1.62 bits per heavy atom. The maximum absolute atomic E-state index is 13.9. The van der Waals surface area contributed by atoms with Crippen molar-refractivity contribution in [3.05, 3.63) is 102 Å². The van der Waals surface area contributed by atoms with Gasteiger partial charge in [0.05, 0.1) is 20.2 Å². The molecule has 2 unspecified atom stereocenters. The van der Waals surface area contributed by atoms with Crippen LogP contribution < -0.4 is 10.1 Å². The number of hydrogen-bond donors (Lipinski definition) is 1. The van der Waals surface area contributed by atoms with E-state index in [1.807, 2.05) is 96.9 Å². The molecule has 2 saturated heterocycles. The van der Waals surface area contributed by atoms with Crippen molar-refractivity contribution in [3.63, 3.8) is 0 Å². The predicted octanol–water partition coefficient (Wildman–Crippen LogP) is 3.79. The fourth-order valence-corrected chi connectivity index (χ4v) is 5.41. The van der Waals surface area contributed by atoms with Crippen LogP contribution in [-0.4, -0.2) is 70.6 Å². The Morgan fingerprint density at radius 3 is 2.27 bits per heavy atom. The monoisotopic (exact) mass is 541 g/mol. The first kappa shape index (κ1) is 27.2. The second kappa shape index (κ2) is 12.2. The van der Waals surface area contributed by atoms with Gasteiger partial charge in [-0.2, -0.15) is 5.01 Å². The second-order valence-electron chi connectivity index (χ2n) is 10.0. The van der Waals surface area contributed by atoms with Gasteiger partial charge in [0.25, 0.3) is 5.91 Å². The van der Waals surface area contributed by atoms with Crippen LogP contribution in [-0.2, 0) is 22.7 Å². The highest BCUT2D eigenvalue weighted by atomic mass is 16.5. The third-order valence-corrected chi connectivity index (χ3v) is 7.37. The number of nitrogens with zero attached hydrogens (tertiary/aromatic N) is 4. The van der Waals surface area contributed by atoms with E-state index in [0.717, 1.165) is 22.4 Å². The number of amides is 4. The van der Waals surface area contributed by atoms with Crippen LogP contribution in [0.1, 0.15) is 36.1 Å². The zero-order chi connectivity index (χ0) is 28.1. The van der Waals surface area contributed by atoms with E-state index in [9.17, 15) is 14.4 Å². The molecule has 2 heterocycles. The number of methoxy groups -OCH3 is 1. The molecule has 2 atom stereocenters.